The highest BCUT2D eigenvalue weighted by molar-refractivity contribution is 5.76. The number of benzene rings is 1. The minimum absolute atomic E-state index is 0.189. The summed E-state index contributed by atoms with van der Waals surface area (Å²) in [7, 11) is 0. The molecule has 2 aliphatic carbocycles. The van der Waals surface area contributed by atoms with Gasteiger partial charge < -0.3 is 15.7 Å². The summed E-state index contributed by atoms with van der Waals surface area (Å²) in [5.74, 6) is 1.25. The standard InChI is InChI=1S/C24H31FN6O/c25-19-8-4-5-9-20(19)28-24-29-21-14-26-23(27-17-6-2-1-3-7-17)30-22(21)31(24)18-12-10-16(15-32)11-13-18/h4-5,8-9,14,16-18,32H,1-3,6-7,10-13,15H2,(H,28,29)(H,26,27,30). The van der Waals surface area contributed by atoms with Crippen LogP contribution in [0.25, 0.3) is 11.2 Å². The summed E-state index contributed by atoms with van der Waals surface area (Å²) in [5.41, 5.74) is 1.86. The van der Waals surface area contributed by atoms with E-state index in [1.807, 2.05) is 0 Å². The lowest BCUT2D eigenvalue weighted by atomic mass is 9.86. The lowest BCUT2D eigenvalue weighted by molar-refractivity contribution is 0.170. The van der Waals surface area contributed by atoms with Crippen LogP contribution in [0.5, 0.6) is 0 Å². The van der Waals surface area contributed by atoms with Crippen molar-refractivity contribution in [2.75, 3.05) is 17.2 Å². The Hall–Kier alpha value is -2.74. The molecule has 0 atom stereocenters. The number of nitrogens with zero attached hydrogens (tertiary/aromatic N) is 4. The third kappa shape index (κ3) is 4.41. The minimum Gasteiger partial charge on any atom is -0.396 e. The number of para-hydroxylation sites is 1. The van der Waals surface area contributed by atoms with Crippen LogP contribution in [0, 0.1) is 11.7 Å². The van der Waals surface area contributed by atoms with Crippen molar-refractivity contribution in [2.45, 2.75) is 69.9 Å². The summed E-state index contributed by atoms with van der Waals surface area (Å²) in [6.45, 7) is 0.232. The predicted molar refractivity (Wildman–Crippen MR) is 124 cm³/mol. The first kappa shape index (κ1) is 21.1. The number of aliphatic hydroxyl groups is 1. The first-order valence-corrected chi connectivity index (χ1v) is 11.8. The lowest BCUT2D eigenvalue weighted by Gasteiger charge is -2.29. The van der Waals surface area contributed by atoms with Crippen LogP contribution in [-0.4, -0.2) is 37.3 Å². The molecule has 2 saturated carbocycles. The summed E-state index contributed by atoms with van der Waals surface area (Å²) in [5, 5.41) is 16.3. The van der Waals surface area contributed by atoms with E-state index in [1.165, 1.54) is 25.3 Å². The fourth-order valence-electron chi connectivity index (χ4n) is 5.09. The smallest absolute Gasteiger partial charge is 0.224 e. The number of aliphatic hydroxyl groups excluding tert-OH is 1. The van der Waals surface area contributed by atoms with Crippen molar-refractivity contribution in [3.63, 3.8) is 0 Å². The number of aromatic nitrogens is 4. The van der Waals surface area contributed by atoms with Crippen molar-refractivity contribution >= 4 is 28.7 Å². The second kappa shape index (κ2) is 9.40. The van der Waals surface area contributed by atoms with Crippen molar-refractivity contribution in [1.82, 2.24) is 19.5 Å². The van der Waals surface area contributed by atoms with Crippen LogP contribution in [0.15, 0.2) is 30.5 Å². The van der Waals surface area contributed by atoms with Crippen molar-refractivity contribution in [2.24, 2.45) is 5.92 Å². The lowest BCUT2D eigenvalue weighted by Crippen LogP contribution is -2.24. The molecule has 8 heteroatoms. The molecule has 0 spiro atoms. The molecule has 5 rings (SSSR count). The summed E-state index contributed by atoms with van der Waals surface area (Å²) in [4.78, 5) is 14.1. The summed E-state index contributed by atoms with van der Waals surface area (Å²) in [6, 6.07) is 7.23. The summed E-state index contributed by atoms with van der Waals surface area (Å²) < 4.78 is 16.5. The maximum Gasteiger partial charge on any atom is 0.224 e. The number of rotatable bonds is 6. The summed E-state index contributed by atoms with van der Waals surface area (Å²) >= 11 is 0. The average Bonchev–Trinajstić information content (AvgIpc) is 3.18. The predicted octanol–water partition coefficient (Wildman–Crippen LogP) is 5.18. The van der Waals surface area contributed by atoms with Crippen molar-refractivity contribution in [3.8, 4) is 0 Å². The Bertz CT molecular complexity index is 1060. The Morgan fingerprint density at radius 3 is 2.53 bits per heavy atom. The van der Waals surface area contributed by atoms with Crippen molar-refractivity contribution in [1.29, 1.82) is 0 Å². The van der Waals surface area contributed by atoms with E-state index in [2.05, 4.69) is 20.2 Å². The number of hydrogen-bond donors (Lipinski definition) is 3. The van der Waals surface area contributed by atoms with E-state index in [0.717, 1.165) is 44.2 Å². The Morgan fingerprint density at radius 2 is 1.78 bits per heavy atom. The van der Waals surface area contributed by atoms with Gasteiger partial charge in [0.25, 0.3) is 0 Å². The normalized spacial score (nSPS) is 22.2. The molecule has 7 nitrogen and oxygen atoms in total. The van der Waals surface area contributed by atoms with Gasteiger partial charge in [-0.3, -0.25) is 4.57 Å². The molecule has 2 aromatic heterocycles. The van der Waals surface area contributed by atoms with Gasteiger partial charge in [-0.25, -0.2) is 14.4 Å². The van der Waals surface area contributed by atoms with Crippen LogP contribution in [0.3, 0.4) is 0 Å². The molecule has 2 aliphatic rings. The largest absolute Gasteiger partial charge is 0.396 e. The van der Waals surface area contributed by atoms with Gasteiger partial charge in [0.15, 0.2) is 5.65 Å². The van der Waals surface area contributed by atoms with E-state index in [-0.39, 0.29) is 18.5 Å². The van der Waals surface area contributed by atoms with Crippen LogP contribution in [0.2, 0.25) is 0 Å². The van der Waals surface area contributed by atoms with Gasteiger partial charge in [-0.1, -0.05) is 31.4 Å². The number of fused-ring (bicyclic) bond motifs is 1. The molecule has 0 saturated heterocycles. The average molecular weight is 439 g/mol. The highest BCUT2D eigenvalue weighted by Crippen LogP contribution is 2.37. The quantitative estimate of drug-likeness (QED) is 0.492. The Morgan fingerprint density at radius 1 is 1.00 bits per heavy atom. The Kier molecular flexibility index (Phi) is 6.21. The third-order valence-corrected chi connectivity index (χ3v) is 6.93. The van der Waals surface area contributed by atoms with Gasteiger partial charge in [-0.05, 0) is 56.6 Å². The molecule has 3 N–H and O–H groups in total. The van der Waals surface area contributed by atoms with E-state index in [0.29, 0.717) is 35.1 Å². The van der Waals surface area contributed by atoms with E-state index in [9.17, 15) is 9.50 Å². The molecular weight excluding hydrogens is 407 g/mol. The topological polar surface area (TPSA) is 87.9 Å². The molecular formula is C24H31FN6O. The Balaban J connectivity index is 1.50. The van der Waals surface area contributed by atoms with Gasteiger partial charge in [0.05, 0.1) is 11.9 Å². The van der Waals surface area contributed by atoms with E-state index in [1.54, 1.807) is 24.4 Å². The summed E-state index contributed by atoms with van der Waals surface area (Å²) in [6.07, 6.45) is 11.6. The van der Waals surface area contributed by atoms with Crippen molar-refractivity contribution < 1.29 is 9.50 Å². The second-order valence-corrected chi connectivity index (χ2v) is 9.15. The molecule has 32 heavy (non-hydrogen) atoms. The number of hydrogen-bond acceptors (Lipinski definition) is 6. The third-order valence-electron chi connectivity index (χ3n) is 6.93. The first-order valence-electron chi connectivity index (χ1n) is 11.8. The molecule has 2 heterocycles. The van der Waals surface area contributed by atoms with Crippen LogP contribution >= 0.6 is 0 Å². The second-order valence-electron chi connectivity index (χ2n) is 9.15. The minimum atomic E-state index is -0.319. The fraction of sp³-hybridized carbons (Fsp3) is 0.542. The number of halogens is 1. The van der Waals surface area contributed by atoms with Crippen LogP contribution in [0.4, 0.5) is 22.0 Å². The van der Waals surface area contributed by atoms with E-state index in [4.69, 9.17) is 9.97 Å². The first-order chi connectivity index (χ1) is 15.7. The molecule has 170 valence electrons. The number of imidazole rings is 1. The molecule has 0 bridgehead atoms. The maximum absolute atomic E-state index is 14.4. The molecule has 0 aliphatic heterocycles. The zero-order valence-corrected chi connectivity index (χ0v) is 18.3. The van der Waals surface area contributed by atoms with Gasteiger partial charge in [-0.2, -0.15) is 4.98 Å². The van der Waals surface area contributed by atoms with Gasteiger partial charge in [0.2, 0.25) is 11.9 Å². The van der Waals surface area contributed by atoms with Crippen molar-refractivity contribution in [3.05, 3.63) is 36.3 Å². The molecule has 0 unspecified atom stereocenters. The van der Waals surface area contributed by atoms with E-state index < -0.39 is 0 Å². The van der Waals surface area contributed by atoms with E-state index >= 15 is 0 Å². The zero-order chi connectivity index (χ0) is 21.9. The highest BCUT2D eigenvalue weighted by atomic mass is 19.1. The number of anilines is 3. The zero-order valence-electron chi connectivity index (χ0n) is 18.3. The monoisotopic (exact) mass is 438 g/mol. The van der Waals surface area contributed by atoms with Crippen LogP contribution in [0.1, 0.15) is 63.8 Å². The van der Waals surface area contributed by atoms with Gasteiger partial charge in [0, 0.05) is 18.7 Å². The molecule has 0 amide bonds. The molecule has 1 aromatic carbocycles. The Labute approximate surface area is 187 Å². The maximum atomic E-state index is 14.4. The van der Waals surface area contributed by atoms with Gasteiger partial charge in [-0.15, -0.1) is 0 Å². The SMILES string of the molecule is OCC1CCC(n2c(Nc3ccccc3F)nc3cnc(NC4CCCCC4)nc32)CC1. The number of nitrogens with one attached hydrogen (secondary N) is 2. The van der Waals surface area contributed by atoms with Crippen LogP contribution < -0.4 is 10.6 Å². The fourth-order valence-corrected chi connectivity index (χ4v) is 5.09. The van der Waals surface area contributed by atoms with Gasteiger partial charge in [0.1, 0.15) is 11.3 Å². The molecule has 2 fully saturated rings. The molecule has 0 radical (unpaired) electrons. The van der Waals surface area contributed by atoms with Crippen LogP contribution in [-0.2, 0) is 0 Å². The molecule has 3 aromatic rings. The van der Waals surface area contributed by atoms with Gasteiger partial charge >= 0.3 is 0 Å². The highest BCUT2D eigenvalue weighted by Gasteiger charge is 2.27.